The number of carbonyl (C=O) groups is 1. The SMILES string of the molecule is COc1ccc(/C=N\NC(=O)CN(Cc2ccc(Br)cc2)S(=O)(=O)c2ccc(Cl)cc2)c(OC)c1OC. The van der Waals surface area contributed by atoms with Gasteiger partial charge in [-0.15, -0.1) is 0 Å². The van der Waals surface area contributed by atoms with E-state index in [0.717, 1.165) is 8.78 Å². The molecule has 0 aliphatic heterocycles. The summed E-state index contributed by atoms with van der Waals surface area (Å²) in [4.78, 5) is 12.8. The fraction of sp³-hybridized carbons (Fsp3) is 0.200. The van der Waals surface area contributed by atoms with Crippen LogP contribution in [0.1, 0.15) is 11.1 Å². The Kier molecular flexibility index (Phi) is 9.93. The van der Waals surface area contributed by atoms with Gasteiger partial charge >= 0.3 is 0 Å². The number of sulfonamides is 1. The average Bonchev–Trinajstić information content (AvgIpc) is 2.89. The molecule has 196 valence electrons. The number of carbonyl (C=O) groups excluding carboxylic acids is 1. The Labute approximate surface area is 229 Å². The number of hydrogen-bond acceptors (Lipinski definition) is 7. The van der Waals surface area contributed by atoms with Crippen LogP contribution in [0.4, 0.5) is 0 Å². The maximum Gasteiger partial charge on any atom is 0.255 e. The molecule has 0 radical (unpaired) electrons. The van der Waals surface area contributed by atoms with E-state index in [1.807, 2.05) is 0 Å². The minimum atomic E-state index is -4.03. The second-order valence-corrected chi connectivity index (χ2v) is 10.9. The summed E-state index contributed by atoms with van der Waals surface area (Å²) < 4.78 is 44.7. The maximum atomic E-state index is 13.4. The van der Waals surface area contributed by atoms with E-state index < -0.39 is 22.5 Å². The Morgan fingerprint density at radius 2 is 1.62 bits per heavy atom. The van der Waals surface area contributed by atoms with Gasteiger partial charge in [-0.2, -0.15) is 9.41 Å². The van der Waals surface area contributed by atoms with Gasteiger partial charge in [-0.3, -0.25) is 4.79 Å². The normalized spacial score (nSPS) is 11.5. The summed E-state index contributed by atoms with van der Waals surface area (Å²) in [5, 5.41) is 4.37. The molecular weight excluding hydrogens is 586 g/mol. The lowest BCUT2D eigenvalue weighted by molar-refractivity contribution is -0.121. The van der Waals surface area contributed by atoms with Crippen molar-refractivity contribution in [1.29, 1.82) is 0 Å². The van der Waals surface area contributed by atoms with Crippen molar-refractivity contribution in [3.05, 3.63) is 81.3 Å². The molecule has 0 heterocycles. The number of ether oxygens (including phenoxy) is 3. The van der Waals surface area contributed by atoms with Gasteiger partial charge in [0, 0.05) is 21.6 Å². The summed E-state index contributed by atoms with van der Waals surface area (Å²) in [6.45, 7) is -0.500. The zero-order valence-electron chi connectivity index (χ0n) is 20.3. The molecular formula is C25H25BrClN3O6S. The first-order valence-corrected chi connectivity index (χ1v) is 13.4. The third kappa shape index (κ3) is 7.22. The lowest BCUT2D eigenvalue weighted by Gasteiger charge is -2.21. The van der Waals surface area contributed by atoms with E-state index >= 15 is 0 Å². The van der Waals surface area contributed by atoms with E-state index in [-0.39, 0.29) is 11.4 Å². The van der Waals surface area contributed by atoms with Crippen molar-refractivity contribution in [2.24, 2.45) is 5.10 Å². The van der Waals surface area contributed by atoms with Crippen LogP contribution >= 0.6 is 27.5 Å². The molecule has 1 amide bonds. The van der Waals surface area contributed by atoms with E-state index in [1.165, 1.54) is 51.8 Å². The van der Waals surface area contributed by atoms with Crippen molar-refractivity contribution < 1.29 is 27.4 Å². The Balaban J connectivity index is 1.82. The highest BCUT2D eigenvalue weighted by Crippen LogP contribution is 2.39. The highest BCUT2D eigenvalue weighted by Gasteiger charge is 2.27. The molecule has 0 aliphatic carbocycles. The quantitative estimate of drug-likeness (QED) is 0.254. The first-order chi connectivity index (χ1) is 17.7. The zero-order chi connectivity index (χ0) is 27.0. The van der Waals surface area contributed by atoms with E-state index in [1.54, 1.807) is 36.4 Å². The molecule has 0 unspecified atom stereocenters. The lowest BCUT2D eigenvalue weighted by Crippen LogP contribution is -2.39. The summed E-state index contributed by atoms with van der Waals surface area (Å²) in [5.74, 6) is 0.568. The Morgan fingerprint density at radius 1 is 0.973 bits per heavy atom. The molecule has 0 aliphatic rings. The van der Waals surface area contributed by atoms with Gasteiger partial charge < -0.3 is 14.2 Å². The molecule has 1 N–H and O–H groups in total. The largest absolute Gasteiger partial charge is 0.493 e. The van der Waals surface area contributed by atoms with Crippen molar-refractivity contribution in [3.63, 3.8) is 0 Å². The molecule has 12 heteroatoms. The van der Waals surface area contributed by atoms with Crippen LogP contribution in [0.25, 0.3) is 0 Å². The van der Waals surface area contributed by atoms with Gasteiger partial charge in [0.1, 0.15) is 0 Å². The van der Waals surface area contributed by atoms with Crippen molar-refractivity contribution in [1.82, 2.24) is 9.73 Å². The number of methoxy groups -OCH3 is 3. The van der Waals surface area contributed by atoms with Crippen molar-refractivity contribution >= 4 is 49.7 Å². The molecule has 9 nitrogen and oxygen atoms in total. The highest BCUT2D eigenvalue weighted by molar-refractivity contribution is 9.10. The van der Waals surface area contributed by atoms with Crippen molar-refractivity contribution in [2.75, 3.05) is 27.9 Å². The summed E-state index contributed by atoms with van der Waals surface area (Å²) in [6, 6.07) is 16.2. The lowest BCUT2D eigenvalue weighted by atomic mass is 10.2. The van der Waals surface area contributed by atoms with Crippen LogP contribution < -0.4 is 19.6 Å². The number of rotatable bonds is 11. The molecule has 0 atom stereocenters. The van der Waals surface area contributed by atoms with Crippen LogP contribution in [0.2, 0.25) is 5.02 Å². The molecule has 0 bridgehead atoms. The maximum absolute atomic E-state index is 13.4. The first kappa shape index (κ1) is 28.5. The number of hydrogen-bond donors (Lipinski definition) is 1. The highest BCUT2D eigenvalue weighted by atomic mass is 79.9. The van der Waals surface area contributed by atoms with Crippen molar-refractivity contribution in [2.45, 2.75) is 11.4 Å². The van der Waals surface area contributed by atoms with Crippen LogP contribution in [-0.4, -0.2) is 52.7 Å². The topological polar surface area (TPSA) is 107 Å². The molecule has 37 heavy (non-hydrogen) atoms. The predicted molar refractivity (Wildman–Crippen MR) is 145 cm³/mol. The standard InChI is InChI=1S/C25H25BrClN3O6S/c1-34-22-13-6-18(24(35-2)25(22)36-3)14-28-29-23(31)16-30(15-17-4-7-19(26)8-5-17)37(32,33)21-11-9-20(27)10-12-21/h4-14H,15-16H2,1-3H3,(H,29,31)/b28-14-. The van der Waals surface area contributed by atoms with E-state index in [4.69, 9.17) is 25.8 Å². The minimum absolute atomic E-state index is 0.0142. The smallest absolute Gasteiger partial charge is 0.255 e. The zero-order valence-corrected chi connectivity index (χ0v) is 23.4. The van der Waals surface area contributed by atoms with Crippen LogP contribution in [0.5, 0.6) is 17.2 Å². The Bertz CT molecular complexity index is 1370. The number of nitrogens with one attached hydrogen (secondary N) is 1. The van der Waals surface area contributed by atoms with Gasteiger partial charge in [0.15, 0.2) is 11.5 Å². The fourth-order valence-electron chi connectivity index (χ4n) is 3.37. The second-order valence-electron chi connectivity index (χ2n) is 7.57. The number of amides is 1. The van der Waals surface area contributed by atoms with Crippen LogP contribution in [-0.2, 0) is 21.4 Å². The monoisotopic (exact) mass is 609 g/mol. The Hall–Kier alpha value is -3.12. The van der Waals surface area contributed by atoms with E-state index in [9.17, 15) is 13.2 Å². The van der Waals surface area contributed by atoms with Gasteiger partial charge in [-0.1, -0.05) is 39.7 Å². The molecule has 0 saturated carbocycles. The summed E-state index contributed by atoms with van der Waals surface area (Å²) >= 11 is 9.28. The van der Waals surface area contributed by atoms with Gasteiger partial charge in [0.05, 0.1) is 39.0 Å². The molecule has 3 rings (SSSR count). The molecule has 0 saturated heterocycles. The molecule has 3 aromatic carbocycles. The molecule has 0 aromatic heterocycles. The minimum Gasteiger partial charge on any atom is -0.493 e. The van der Waals surface area contributed by atoms with Crippen LogP contribution in [0.3, 0.4) is 0 Å². The van der Waals surface area contributed by atoms with Gasteiger partial charge in [0.25, 0.3) is 5.91 Å². The van der Waals surface area contributed by atoms with Gasteiger partial charge in [0.2, 0.25) is 15.8 Å². The number of nitrogens with zero attached hydrogens (tertiary/aromatic N) is 2. The van der Waals surface area contributed by atoms with Gasteiger partial charge in [-0.05, 0) is 54.1 Å². The van der Waals surface area contributed by atoms with Crippen LogP contribution in [0.15, 0.2) is 75.1 Å². The summed E-state index contributed by atoms with van der Waals surface area (Å²) in [6.07, 6.45) is 1.37. The predicted octanol–water partition coefficient (Wildman–Crippen LogP) is 4.47. The summed E-state index contributed by atoms with van der Waals surface area (Å²) in [7, 11) is 0.421. The van der Waals surface area contributed by atoms with E-state index in [2.05, 4.69) is 26.5 Å². The van der Waals surface area contributed by atoms with Crippen molar-refractivity contribution in [3.8, 4) is 17.2 Å². The summed E-state index contributed by atoms with van der Waals surface area (Å²) in [5.41, 5.74) is 3.59. The number of benzene rings is 3. The third-order valence-corrected chi connectivity index (χ3v) is 7.76. The van der Waals surface area contributed by atoms with Crippen LogP contribution in [0, 0.1) is 0 Å². The first-order valence-electron chi connectivity index (χ1n) is 10.8. The van der Waals surface area contributed by atoms with Gasteiger partial charge in [-0.25, -0.2) is 13.8 Å². The Morgan fingerprint density at radius 3 is 2.22 bits per heavy atom. The number of hydrazone groups is 1. The molecule has 0 spiro atoms. The fourth-order valence-corrected chi connectivity index (χ4v) is 5.15. The average molecular weight is 611 g/mol. The molecule has 3 aromatic rings. The molecule has 0 fully saturated rings. The second kappa shape index (κ2) is 12.9. The van der Waals surface area contributed by atoms with E-state index in [0.29, 0.717) is 33.4 Å². The number of halogens is 2. The third-order valence-electron chi connectivity index (χ3n) is 5.17.